The van der Waals surface area contributed by atoms with Gasteiger partial charge in [-0.25, -0.2) is 18.0 Å². The van der Waals surface area contributed by atoms with Crippen molar-refractivity contribution >= 4 is 11.9 Å². The highest BCUT2D eigenvalue weighted by Crippen LogP contribution is 2.67. The molecule has 5 atom stereocenters. The summed E-state index contributed by atoms with van der Waals surface area (Å²) in [7, 11) is 0. The molecule has 0 spiro atoms. The number of carboxylic acids is 2. The average Bonchev–Trinajstić information content (AvgIpc) is 2.98. The molecule has 2 aliphatic rings. The highest BCUT2D eigenvalue weighted by atomic mass is 19.2. The first-order valence-electron chi connectivity index (χ1n) is 7.13. The first-order valence-corrected chi connectivity index (χ1v) is 7.13. The van der Waals surface area contributed by atoms with E-state index in [2.05, 4.69) is 0 Å². The van der Waals surface area contributed by atoms with Crippen LogP contribution in [-0.4, -0.2) is 39.5 Å². The van der Waals surface area contributed by atoms with Crippen LogP contribution in [0.15, 0.2) is 18.2 Å². The van der Waals surface area contributed by atoms with Gasteiger partial charge in [-0.15, -0.1) is 0 Å². The number of hydrogen-bond acceptors (Lipinski definition) is 4. The van der Waals surface area contributed by atoms with Crippen molar-refractivity contribution in [3.05, 3.63) is 35.4 Å². The summed E-state index contributed by atoms with van der Waals surface area (Å²) in [6.45, 7) is -0.264. The molecule has 24 heavy (non-hydrogen) atoms. The molecule has 0 amide bonds. The molecule has 0 heterocycles. The lowest BCUT2D eigenvalue weighted by Crippen LogP contribution is -2.60. The van der Waals surface area contributed by atoms with Crippen molar-refractivity contribution in [3.63, 3.8) is 0 Å². The Labute approximate surface area is 134 Å². The molecular formula is C15H14F3NO5. The zero-order valence-electron chi connectivity index (χ0n) is 12.2. The second-order valence-electron chi connectivity index (χ2n) is 6.18. The minimum absolute atomic E-state index is 0.181. The number of nitrogens with two attached hydrogens (primary N) is 1. The lowest BCUT2D eigenvalue weighted by atomic mass is 9.88. The van der Waals surface area contributed by atoms with Crippen LogP contribution >= 0.6 is 0 Å². The van der Waals surface area contributed by atoms with Crippen LogP contribution in [0.4, 0.5) is 13.2 Å². The standard InChI is InChI=1S/C15H14F3NO5/c16-8-2-1-6(3-9(8)17)5-24-10-4-7-11(14(7,18)12(20)21)15(10,19)13(22)23/h1-3,7,10-11H,4-5,19H2,(H,20,21)(H,22,23)/t7-,10-,11+,14-,15?/m1/s1. The first kappa shape index (κ1) is 16.7. The maximum absolute atomic E-state index is 14.3. The van der Waals surface area contributed by atoms with Crippen molar-refractivity contribution in [1.29, 1.82) is 0 Å². The number of rotatable bonds is 5. The van der Waals surface area contributed by atoms with Gasteiger partial charge in [-0.05, 0) is 24.1 Å². The molecule has 6 nitrogen and oxygen atoms in total. The molecular weight excluding hydrogens is 331 g/mol. The Kier molecular flexibility index (Phi) is 3.61. The predicted molar refractivity (Wildman–Crippen MR) is 72.6 cm³/mol. The Morgan fingerprint density at radius 3 is 2.46 bits per heavy atom. The van der Waals surface area contributed by atoms with E-state index in [1.165, 1.54) is 6.07 Å². The molecule has 0 radical (unpaired) electrons. The monoisotopic (exact) mass is 345 g/mol. The van der Waals surface area contributed by atoms with Crippen LogP contribution in [0.3, 0.4) is 0 Å². The quantitative estimate of drug-likeness (QED) is 0.736. The summed E-state index contributed by atoms with van der Waals surface area (Å²) in [5.41, 5.74) is 1.17. The van der Waals surface area contributed by atoms with Crippen LogP contribution in [-0.2, 0) is 20.9 Å². The van der Waals surface area contributed by atoms with Gasteiger partial charge in [0.05, 0.1) is 12.7 Å². The molecule has 9 heteroatoms. The van der Waals surface area contributed by atoms with E-state index in [-0.39, 0.29) is 18.6 Å². The molecule has 3 rings (SSSR count). The minimum Gasteiger partial charge on any atom is -0.480 e. The summed E-state index contributed by atoms with van der Waals surface area (Å²) >= 11 is 0. The minimum atomic E-state index is -2.67. The van der Waals surface area contributed by atoms with E-state index >= 15 is 0 Å². The second kappa shape index (κ2) is 5.18. The van der Waals surface area contributed by atoms with Crippen LogP contribution in [0.2, 0.25) is 0 Å². The van der Waals surface area contributed by atoms with Crippen LogP contribution in [0.5, 0.6) is 0 Å². The van der Waals surface area contributed by atoms with Gasteiger partial charge in [-0.3, -0.25) is 4.79 Å². The number of ether oxygens (including phenoxy) is 1. The Morgan fingerprint density at radius 2 is 1.92 bits per heavy atom. The summed E-state index contributed by atoms with van der Waals surface area (Å²) in [6, 6.07) is 3.04. The topological polar surface area (TPSA) is 110 Å². The largest absolute Gasteiger partial charge is 0.480 e. The van der Waals surface area contributed by atoms with Gasteiger partial charge in [0.25, 0.3) is 0 Å². The molecule has 1 aromatic rings. The Bertz CT molecular complexity index is 729. The predicted octanol–water partition coefficient (Wildman–Crippen LogP) is 1.07. The summed E-state index contributed by atoms with van der Waals surface area (Å²) < 4.78 is 45.7. The first-order chi connectivity index (χ1) is 11.1. The number of fused-ring (bicyclic) bond motifs is 1. The Balaban J connectivity index is 1.76. The number of halogens is 3. The lowest BCUT2D eigenvalue weighted by molar-refractivity contribution is -0.156. The summed E-state index contributed by atoms with van der Waals surface area (Å²) in [5, 5.41) is 18.3. The number of hydrogen-bond donors (Lipinski definition) is 3. The Hall–Kier alpha value is -2.13. The molecule has 2 aliphatic carbocycles. The van der Waals surface area contributed by atoms with Crippen molar-refractivity contribution in [1.82, 2.24) is 0 Å². The fraction of sp³-hybridized carbons (Fsp3) is 0.467. The van der Waals surface area contributed by atoms with Crippen LogP contribution < -0.4 is 5.73 Å². The molecule has 1 aromatic carbocycles. The van der Waals surface area contributed by atoms with Crippen LogP contribution in [0.1, 0.15) is 12.0 Å². The van der Waals surface area contributed by atoms with Gasteiger partial charge < -0.3 is 20.7 Å². The normalized spacial score (nSPS) is 37.1. The van der Waals surface area contributed by atoms with Gasteiger partial charge in [-0.2, -0.15) is 0 Å². The summed E-state index contributed by atoms with van der Waals surface area (Å²) in [6.07, 6.45) is -1.32. The van der Waals surface area contributed by atoms with E-state index in [0.29, 0.717) is 0 Å². The maximum Gasteiger partial charge on any atom is 0.342 e. The van der Waals surface area contributed by atoms with Crippen molar-refractivity contribution in [3.8, 4) is 0 Å². The van der Waals surface area contributed by atoms with Crippen LogP contribution in [0, 0.1) is 23.5 Å². The molecule has 130 valence electrons. The van der Waals surface area contributed by atoms with E-state index in [0.717, 1.165) is 12.1 Å². The smallest absolute Gasteiger partial charge is 0.342 e. The third-order valence-corrected chi connectivity index (χ3v) is 4.93. The molecule has 1 unspecified atom stereocenters. The van der Waals surface area contributed by atoms with Crippen molar-refractivity contribution in [2.75, 3.05) is 0 Å². The highest BCUT2D eigenvalue weighted by Gasteiger charge is 2.85. The lowest BCUT2D eigenvalue weighted by Gasteiger charge is -2.31. The van der Waals surface area contributed by atoms with Gasteiger partial charge in [0.2, 0.25) is 5.67 Å². The number of carboxylic acid groups (broad SMARTS) is 2. The Morgan fingerprint density at radius 1 is 1.25 bits per heavy atom. The third-order valence-electron chi connectivity index (χ3n) is 4.93. The fourth-order valence-electron chi connectivity index (χ4n) is 3.63. The summed E-state index contributed by atoms with van der Waals surface area (Å²) in [5.74, 6) is -7.88. The van der Waals surface area contributed by atoms with Gasteiger partial charge in [0, 0.05) is 11.8 Å². The van der Waals surface area contributed by atoms with E-state index in [9.17, 15) is 27.9 Å². The fourth-order valence-corrected chi connectivity index (χ4v) is 3.63. The molecule has 2 saturated carbocycles. The van der Waals surface area contributed by atoms with Crippen molar-refractivity contribution < 1.29 is 37.7 Å². The van der Waals surface area contributed by atoms with Gasteiger partial charge in [0.1, 0.15) is 5.54 Å². The molecule has 0 saturated heterocycles. The highest BCUT2D eigenvalue weighted by molar-refractivity contribution is 5.90. The molecule has 0 aromatic heterocycles. The van der Waals surface area contributed by atoms with E-state index < -0.39 is 52.7 Å². The van der Waals surface area contributed by atoms with E-state index in [1.807, 2.05) is 0 Å². The number of benzene rings is 1. The van der Waals surface area contributed by atoms with E-state index in [1.54, 1.807) is 0 Å². The number of aliphatic carboxylic acids is 2. The molecule has 2 fully saturated rings. The SMILES string of the molecule is NC1(C(=O)O)[C@H]2[C@@H](C[C@H]1OCc1ccc(F)c(F)c1)[C@]2(F)C(=O)O. The molecule has 0 bridgehead atoms. The van der Waals surface area contributed by atoms with Gasteiger partial charge in [-0.1, -0.05) is 6.07 Å². The summed E-state index contributed by atoms with van der Waals surface area (Å²) in [4.78, 5) is 22.5. The zero-order valence-corrected chi connectivity index (χ0v) is 12.2. The number of alkyl halides is 1. The zero-order chi connectivity index (χ0) is 17.9. The van der Waals surface area contributed by atoms with E-state index in [4.69, 9.17) is 15.6 Å². The third kappa shape index (κ3) is 2.11. The van der Waals surface area contributed by atoms with Gasteiger partial charge >= 0.3 is 11.9 Å². The number of carbonyl (C=O) groups is 2. The molecule has 0 aliphatic heterocycles. The van der Waals surface area contributed by atoms with Gasteiger partial charge in [0.15, 0.2) is 11.6 Å². The maximum atomic E-state index is 14.3. The average molecular weight is 345 g/mol. The van der Waals surface area contributed by atoms with Crippen molar-refractivity contribution in [2.24, 2.45) is 17.6 Å². The van der Waals surface area contributed by atoms with Crippen molar-refractivity contribution in [2.45, 2.75) is 30.3 Å². The molecule has 4 N–H and O–H groups in total. The van der Waals surface area contributed by atoms with Crippen LogP contribution in [0.25, 0.3) is 0 Å². The second-order valence-corrected chi connectivity index (χ2v) is 6.18.